The SMILES string of the molecule is COc1ccc(N2CC(CCl)CC2=O)cc1[N+](=O)[O-]. The molecule has 1 heterocycles. The summed E-state index contributed by atoms with van der Waals surface area (Å²) in [7, 11) is 1.37. The molecule has 1 fully saturated rings. The van der Waals surface area contributed by atoms with Gasteiger partial charge in [-0.1, -0.05) is 0 Å². The molecule has 1 saturated heterocycles. The Morgan fingerprint density at radius 3 is 2.84 bits per heavy atom. The first-order valence-corrected chi connectivity index (χ1v) is 6.29. The van der Waals surface area contributed by atoms with Gasteiger partial charge in [0.2, 0.25) is 5.91 Å². The fourth-order valence-electron chi connectivity index (χ4n) is 2.12. The van der Waals surface area contributed by atoms with Crippen molar-refractivity contribution < 1.29 is 14.5 Å². The van der Waals surface area contributed by atoms with Crippen molar-refractivity contribution in [2.24, 2.45) is 5.92 Å². The van der Waals surface area contributed by atoms with Crippen molar-refractivity contribution in [3.63, 3.8) is 0 Å². The first-order chi connectivity index (χ1) is 9.06. The predicted molar refractivity (Wildman–Crippen MR) is 70.8 cm³/mol. The summed E-state index contributed by atoms with van der Waals surface area (Å²) in [5.74, 6) is 0.607. The first-order valence-electron chi connectivity index (χ1n) is 5.75. The van der Waals surface area contributed by atoms with Crippen LogP contribution in [0.5, 0.6) is 5.75 Å². The lowest BCUT2D eigenvalue weighted by Gasteiger charge is -2.16. The van der Waals surface area contributed by atoms with Gasteiger partial charge in [0.1, 0.15) is 0 Å². The summed E-state index contributed by atoms with van der Waals surface area (Å²) < 4.78 is 4.93. The lowest BCUT2D eigenvalue weighted by Crippen LogP contribution is -2.24. The highest BCUT2D eigenvalue weighted by atomic mass is 35.5. The lowest BCUT2D eigenvalue weighted by atomic mass is 10.1. The molecule has 19 heavy (non-hydrogen) atoms. The number of hydrogen-bond donors (Lipinski definition) is 0. The average Bonchev–Trinajstić information content (AvgIpc) is 2.79. The van der Waals surface area contributed by atoms with E-state index in [4.69, 9.17) is 16.3 Å². The molecule has 1 atom stereocenters. The van der Waals surface area contributed by atoms with Crippen LogP contribution in [0.3, 0.4) is 0 Å². The molecule has 1 aromatic rings. The molecule has 6 nitrogen and oxygen atoms in total. The van der Waals surface area contributed by atoms with Gasteiger partial charge in [0.25, 0.3) is 0 Å². The minimum absolute atomic E-state index is 0.0647. The Morgan fingerprint density at radius 1 is 1.58 bits per heavy atom. The summed E-state index contributed by atoms with van der Waals surface area (Å²) in [6.07, 6.45) is 0.378. The number of rotatable bonds is 4. The van der Waals surface area contributed by atoms with Crippen LogP contribution in [0, 0.1) is 16.0 Å². The molecular formula is C12H13ClN2O4. The number of methoxy groups -OCH3 is 1. The van der Waals surface area contributed by atoms with Gasteiger partial charge in [-0.3, -0.25) is 14.9 Å². The predicted octanol–water partition coefficient (Wildman–Crippen LogP) is 2.20. The fraction of sp³-hybridized carbons (Fsp3) is 0.417. The van der Waals surface area contributed by atoms with Crippen LogP contribution in [-0.2, 0) is 4.79 Å². The number of hydrogen-bond acceptors (Lipinski definition) is 4. The largest absolute Gasteiger partial charge is 0.490 e. The van der Waals surface area contributed by atoms with E-state index >= 15 is 0 Å². The number of carbonyl (C=O) groups is 1. The first kappa shape index (κ1) is 13.6. The number of alkyl halides is 1. The van der Waals surface area contributed by atoms with Crippen molar-refractivity contribution in [2.75, 3.05) is 24.4 Å². The van der Waals surface area contributed by atoms with Gasteiger partial charge >= 0.3 is 5.69 Å². The van der Waals surface area contributed by atoms with Gasteiger partial charge in [0, 0.05) is 24.9 Å². The second kappa shape index (κ2) is 5.44. The molecule has 1 aliphatic heterocycles. The number of ether oxygens (including phenoxy) is 1. The van der Waals surface area contributed by atoms with Crippen molar-refractivity contribution in [2.45, 2.75) is 6.42 Å². The molecule has 1 amide bonds. The quantitative estimate of drug-likeness (QED) is 0.483. The van der Waals surface area contributed by atoms with Crippen molar-refractivity contribution in [1.82, 2.24) is 0 Å². The zero-order valence-corrected chi connectivity index (χ0v) is 11.1. The van der Waals surface area contributed by atoms with Crippen molar-refractivity contribution in [3.05, 3.63) is 28.3 Å². The Morgan fingerprint density at radius 2 is 2.32 bits per heavy atom. The lowest BCUT2D eigenvalue weighted by molar-refractivity contribution is -0.385. The molecule has 0 spiro atoms. The fourth-order valence-corrected chi connectivity index (χ4v) is 2.33. The Kier molecular flexibility index (Phi) is 3.90. The molecule has 0 aliphatic carbocycles. The van der Waals surface area contributed by atoms with E-state index in [-0.39, 0.29) is 23.3 Å². The van der Waals surface area contributed by atoms with Crippen LogP contribution < -0.4 is 9.64 Å². The second-order valence-electron chi connectivity index (χ2n) is 4.34. The van der Waals surface area contributed by atoms with Gasteiger partial charge in [-0.05, 0) is 18.1 Å². The minimum atomic E-state index is -0.526. The summed E-state index contributed by atoms with van der Waals surface area (Å²) in [4.78, 5) is 23.8. The maximum Gasteiger partial charge on any atom is 0.312 e. The summed E-state index contributed by atoms with van der Waals surface area (Å²) in [6, 6.07) is 4.49. The normalized spacial score (nSPS) is 18.7. The number of nitrogens with zero attached hydrogens (tertiary/aromatic N) is 2. The third kappa shape index (κ3) is 2.63. The monoisotopic (exact) mass is 284 g/mol. The molecule has 0 N–H and O–H groups in total. The number of anilines is 1. The summed E-state index contributed by atoms with van der Waals surface area (Å²) in [5.41, 5.74) is 0.354. The van der Waals surface area contributed by atoms with Crippen LogP contribution in [-0.4, -0.2) is 30.4 Å². The molecule has 0 aromatic heterocycles. The summed E-state index contributed by atoms with van der Waals surface area (Å²) in [5, 5.41) is 11.0. The molecule has 7 heteroatoms. The molecule has 1 aliphatic rings. The third-order valence-electron chi connectivity index (χ3n) is 3.09. The smallest absolute Gasteiger partial charge is 0.312 e. The zero-order chi connectivity index (χ0) is 14.0. The Labute approximate surface area is 115 Å². The van der Waals surface area contributed by atoms with E-state index in [1.165, 1.54) is 24.1 Å². The summed E-state index contributed by atoms with van der Waals surface area (Å²) in [6.45, 7) is 0.492. The molecule has 0 radical (unpaired) electrons. The van der Waals surface area contributed by atoms with Gasteiger partial charge in [-0.2, -0.15) is 0 Å². The summed E-state index contributed by atoms with van der Waals surface area (Å²) >= 11 is 5.75. The number of amides is 1. The van der Waals surface area contributed by atoms with Crippen molar-refractivity contribution in [1.29, 1.82) is 0 Å². The number of nitro benzene ring substituents is 1. The zero-order valence-electron chi connectivity index (χ0n) is 10.3. The standard InChI is InChI=1S/C12H13ClN2O4/c1-19-11-3-2-9(5-10(11)15(17)18)14-7-8(6-13)4-12(14)16/h2-3,5,8H,4,6-7H2,1H3. The minimum Gasteiger partial charge on any atom is -0.490 e. The Bertz CT molecular complexity index is 520. The van der Waals surface area contributed by atoms with Crippen LogP contribution in [0.2, 0.25) is 0 Å². The highest BCUT2D eigenvalue weighted by Gasteiger charge is 2.31. The van der Waals surface area contributed by atoms with Crippen LogP contribution in [0.15, 0.2) is 18.2 Å². The van der Waals surface area contributed by atoms with Crippen LogP contribution in [0.1, 0.15) is 6.42 Å². The third-order valence-corrected chi connectivity index (χ3v) is 3.53. The van der Waals surface area contributed by atoms with E-state index in [9.17, 15) is 14.9 Å². The van der Waals surface area contributed by atoms with Gasteiger partial charge in [0.05, 0.1) is 17.7 Å². The molecule has 2 rings (SSSR count). The van der Waals surface area contributed by atoms with E-state index in [1.54, 1.807) is 6.07 Å². The van der Waals surface area contributed by atoms with Crippen molar-refractivity contribution >= 4 is 28.9 Å². The van der Waals surface area contributed by atoms with Crippen LogP contribution in [0.4, 0.5) is 11.4 Å². The number of nitro groups is 1. The Hall–Kier alpha value is -1.82. The molecule has 1 aromatic carbocycles. The molecule has 0 bridgehead atoms. The van der Waals surface area contributed by atoms with Crippen LogP contribution >= 0.6 is 11.6 Å². The highest BCUT2D eigenvalue weighted by molar-refractivity contribution is 6.18. The maximum absolute atomic E-state index is 11.8. The topological polar surface area (TPSA) is 72.7 Å². The van der Waals surface area contributed by atoms with Gasteiger partial charge in [-0.15, -0.1) is 11.6 Å². The molecule has 1 unspecified atom stereocenters. The molecule has 102 valence electrons. The van der Waals surface area contributed by atoms with Crippen LogP contribution in [0.25, 0.3) is 0 Å². The molecular weight excluding hydrogens is 272 g/mol. The number of benzene rings is 1. The van der Waals surface area contributed by atoms with E-state index in [0.717, 1.165) is 0 Å². The Balaban J connectivity index is 2.33. The van der Waals surface area contributed by atoms with Gasteiger partial charge < -0.3 is 9.64 Å². The highest BCUT2D eigenvalue weighted by Crippen LogP contribution is 2.34. The number of halogens is 1. The maximum atomic E-state index is 11.8. The van der Waals surface area contributed by atoms with E-state index in [1.807, 2.05) is 0 Å². The van der Waals surface area contributed by atoms with E-state index < -0.39 is 4.92 Å². The van der Waals surface area contributed by atoms with Gasteiger partial charge in [-0.25, -0.2) is 0 Å². The van der Waals surface area contributed by atoms with E-state index in [2.05, 4.69) is 0 Å². The van der Waals surface area contributed by atoms with E-state index in [0.29, 0.717) is 24.5 Å². The molecule has 0 saturated carbocycles. The van der Waals surface area contributed by atoms with Gasteiger partial charge in [0.15, 0.2) is 5.75 Å². The van der Waals surface area contributed by atoms with Crippen molar-refractivity contribution in [3.8, 4) is 5.75 Å². The average molecular weight is 285 g/mol. The second-order valence-corrected chi connectivity index (χ2v) is 4.65. The number of carbonyl (C=O) groups excluding carboxylic acids is 1.